The Kier molecular flexibility index (Phi) is 2.35. The van der Waals surface area contributed by atoms with Gasteiger partial charge in [-0.25, -0.2) is 0 Å². The molecule has 17 heavy (non-hydrogen) atoms. The van der Waals surface area contributed by atoms with Crippen LogP contribution in [-0.4, -0.2) is 24.2 Å². The largest absolute Gasteiger partial charge is 0.481 e. The molecule has 0 atom stereocenters. The molecule has 1 aromatic carbocycles. The van der Waals surface area contributed by atoms with Gasteiger partial charge in [0.05, 0.1) is 5.41 Å². The first-order valence-electron chi connectivity index (χ1n) is 6.28. The molecule has 1 heterocycles. The van der Waals surface area contributed by atoms with Crippen LogP contribution in [0.4, 0.5) is 5.69 Å². The van der Waals surface area contributed by atoms with Crippen molar-refractivity contribution in [2.45, 2.75) is 25.7 Å². The van der Waals surface area contributed by atoms with Crippen LogP contribution in [0.15, 0.2) is 24.3 Å². The van der Waals surface area contributed by atoms with E-state index in [0.29, 0.717) is 0 Å². The number of hydrogen-bond donors (Lipinski definition) is 1. The lowest BCUT2D eigenvalue weighted by molar-refractivity contribution is -0.143. The summed E-state index contributed by atoms with van der Waals surface area (Å²) in [6, 6.07) is 8.44. The highest BCUT2D eigenvalue weighted by Crippen LogP contribution is 2.49. The van der Waals surface area contributed by atoms with Gasteiger partial charge in [-0.05, 0) is 37.3 Å². The zero-order valence-corrected chi connectivity index (χ0v) is 9.85. The minimum atomic E-state index is -0.606. The summed E-state index contributed by atoms with van der Waals surface area (Å²) in [5.41, 5.74) is 2.30. The Hall–Kier alpha value is -1.51. The molecule has 1 N–H and O–H groups in total. The summed E-state index contributed by atoms with van der Waals surface area (Å²) in [6.07, 6.45) is 3.60. The van der Waals surface area contributed by atoms with E-state index in [4.69, 9.17) is 5.11 Å². The van der Waals surface area contributed by atoms with E-state index < -0.39 is 11.4 Å². The second kappa shape index (κ2) is 3.76. The average Bonchev–Trinajstić information content (AvgIpc) is 3.02. The molecule has 90 valence electrons. The Morgan fingerprint density at radius 3 is 2.82 bits per heavy atom. The number of benzene rings is 1. The smallest absolute Gasteiger partial charge is 0.309 e. The number of para-hydroxylation sites is 1. The first-order chi connectivity index (χ1) is 8.21. The number of carboxylic acid groups (broad SMARTS) is 1. The molecule has 1 aliphatic carbocycles. The third-order valence-electron chi connectivity index (χ3n) is 4.15. The molecule has 0 radical (unpaired) electrons. The average molecular weight is 231 g/mol. The van der Waals surface area contributed by atoms with Crippen LogP contribution in [0.5, 0.6) is 0 Å². The van der Waals surface area contributed by atoms with Crippen LogP contribution in [0.1, 0.15) is 24.8 Å². The Balaban J connectivity index is 1.66. The van der Waals surface area contributed by atoms with Crippen LogP contribution >= 0.6 is 0 Å². The van der Waals surface area contributed by atoms with Gasteiger partial charge in [-0.15, -0.1) is 0 Å². The predicted octanol–water partition coefficient (Wildman–Crippen LogP) is 2.30. The second-order valence-corrected chi connectivity index (χ2v) is 5.20. The molecule has 0 saturated heterocycles. The number of carbonyl (C=O) groups is 1. The second-order valence-electron chi connectivity index (χ2n) is 5.20. The molecule has 0 unspecified atom stereocenters. The molecule has 2 aliphatic rings. The molecule has 0 amide bonds. The molecular formula is C14H17NO2. The Labute approximate surface area is 101 Å². The summed E-state index contributed by atoms with van der Waals surface area (Å²) in [7, 11) is 0. The van der Waals surface area contributed by atoms with Crippen molar-refractivity contribution >= 4 is 11.7 Å². The molecule has 1 fully saturated rings. The molecule has 0 spiro atoms. The number of aliphatic carboxylic acids is 1. The highest BCUT2D eigenvalue weighted by atomic mass is 16.4. The fourth-order valence-electron chi connectivity index (χ4n) is 2.71. The van der Waals surface area contributed by atoms with E-state index in [2.05, 4.69) is 29.2 Å². The molecular weight excluding hydrogens is 214 g/mol. The maximum atomic E-state index is 11.1. The standard InChI is InChI=1S/C14H17NO2/c16-13(17)14(6-7-14)8-10-15-9-5-11-3-1-2-4-12(11)15/h1-4H,5-10H2,(H,16,17). The molecule has 1 aliphatic heterocycles. The van der Waals surface area contributed by atoms with Crippen molar-refractivity contribution in [1.29, 1.82) is 0 Å². The first kappa shape index (κ1) is 10.6. The number of fused-ring (bicyclic) bond motifs is 1. The maximum absolute atomic E-state index is 11.1. The normalized spacial score (nSPS) is 20.1. The quantitative estimate of drug-likeness (QED) is 0.864. The summed E-state index contributed by atoms with van der Waals surface area (Å²) in [5, 5.41) is 9.15. The number of rotatable bonds is 4. The van der Waals surface area contributed by atoms with Crippen molar-refractivity contribution < 1.29 is 9.90 Å². The fraction of sp³-hybridized carbons (Fsp3) is 0.500. The van der Waals surface area contributed by atoms with E-state index in [9.17, 15) is 4.79 Å². The number of anilines is 1. The van der Waals surface area contributed by atoms with Crippen LogP contribution in [0.3, 0.4) is 0 Å². The molecule has 0 aromatic heterocycles. The van der Waals surface area contributed by atoms with Gasteiger partial charge >= 0.3 is 5.97 Å². The highest BCUT2D eigenvalue weighted by molar-refractivity contribution is 5.77. The Morgan fingerprint density at radius 2 is 2.12 bits per heavy atom. The third-order valence-corrected chi connectivity index (χ3v) is 4.15. The summed E-state index contributed by atoms with van der Waals surface area (Å²) in [5.74, 6) is -0.606. The summed E-state index contributed by atoms with van der Waals surface area (Å²) < 4.78 is 0. The van der Waals surface area contributed by atoms with Gasteiger partial charge in [0.2, 0.25) is 0 Å². The van der Waals surface area contributed by atoms with Gasteiger partial charge in [0.1, 0.15) is 0 Å². The minimum absolute atomic E-state index is 0.391. The molecule has 3 heteroatoms. The van der Waals surface area contributed by atoms with Gasteiger partial charge in [0.15, 0.2) is 0 Å². The molecule has 1 saturated carbocycles. The van der Waals surface area contributed by atoms with Crippen molar-refractivity contribution in [2.75, 3.05) is 18.0 Å². The zero-order chi connectivity index (χ0) is 11.9. The van der Waals surface area contributed by atoms with E-state index >= 15 is 0 Å². The van der Waals surface area contributed by atoms with Crippen LogP contribution in [0.25, 0.3) is 0 Å². The predicted molar refractivity (Wildman–Crippen MR) is 66.3 cm³/mol. The van der Waals surface area contributed by atoms with E-state index in [1.807, 2.05) is 0 Å². The van der Waals surface area contributed by atoms with Gasteiger partial charge in [-0.2, -0.15) is 0 Å². The lowest BCUT2D eigenvalue weighted by Gasteiger charge is -2.21. The molecule has 3 nitrogen and oxygen atoms in total. The summed E-state index contributed by atoms with van der Waals surface area (Å²) in [4.78, 5) is 13.4. The van der Waals surface area contributed by atoms with Gasteiger partial charge in [0.25, 0.3) is 0 Å². The SMILES string of the molecule is O=C(O)C1(CCN2CCc3ccccc32)CC1. The van der Waals surface area contributed by atoms with Gasteiger partial charge < -0.3 is 10.0 Å². The van der Waals surface area contributed by atoms with Crippen molar-refractivity contribution in [3.63, 3.8) is 0 Å². The Bertz CT molecular complexity index is 451. The number of nitrogens with zero attached hydrogens (tertiary/aromatic N) is 1. The highest BCUT2D eigenvalue weighted by Gasteiger charge is 2.49. The van der Waals surface area contributed by atoms with E-state index in [1.54, 1.807) is 0 Å². The Morgan fingerprint density at radius 1 is 1.35 bits per heavy atom. The molecule has 3 rings (SSSR count). The van der Waals surface area contributed by atoms with Crippen molar-refractivity contribution in [3.05, 3.63) is 29.8 Å². The van der Waals surface area contributed by atoms with E-state index in [0.717, 1.165) is 38.8 Å². The van der Waals surface area contributed by atoms with Crippen molar-refractivity contribution in [1.82, 2.24) is 0 Å². The topological polar surface area (TPSA) is 40.5 Å². The van der Waals surface area contributed by atoms with Gasteiger partial charge in [-0.3, -0.25) is 4.79 Å². The lowest BCUT2D eigenvalue weighted by Crippen LogP contribution is -2.27. The third kappa shape index (κ3) is 1.79. The maximum Gasteiger partial charge on any atom is 0.309 e. The minimum Gasteiger partial charge on any atom is -0.481 e. The van der Waals surface area contributed by atoms with Crippen molar-refractivity contribution in [2.24, 2.45) is 5.41 Å². The van der Waals surface area contributed by atoms with E-state index in [1.165, 1.54) is 11.3 Å². The summed E-state index contributed by atoms with van der Waals surface area (Å²) in [6.45, 7) is 1.92. The molecule has 0 bridgehead atoms. The number of hydrogen-bond acceptors (Lipinski definition) is 2. The number of carboxylic acids is 1. The van der Waals surface area contributed by atoms with Gasteiger partial charge in [0, 0.05) is 18.8 Å². The monoisotopic (exact) mass is 231 g/mol. The van der Waals surface area contributed by atoms with Crippen LogP contribution < -0.4 is 4.90 Å². The first-order valence-corrected chi connectivity index (χ1v) is 6.28. The summed E-state index contributed by atoms with van der Waals surface area (Å²) >= 11 is 0. The van der Waals surface area contributed by atoms with Crippen LogP contribution in [-0.2, 0) is 11.2 Å². The van der Waals surface area contributed by atoms with Crippen LogP contribution in [0.2, 0.25) is 0 Å². The van der Waals surface area contributed by atoms with Crippen molar-refractivity contribution in [3.8, 4) is 0 Å². The van der Waals surface area contributed by atoms with E-state index in [-0.39, 0.29) is 0 Å². The zero-order valence-electron chi connectivity index (χ0n) is 9.85. The molecule has 1 aromatic rings. The van der Waals surface area contributed by atoms with Crippen LogP contribution in [0, 0.1) is 5.41 Å². The fourth-order valence-corrected chi connectivity index (χ4v) is 2.71. The van der Waals surface area contributed by atoms with Gasteiger partial charge in [-0.1, -0.05) is 18.2 Å². The lowest BCUT2D eigenvalue weighted by atomic mass is 10.0.